The van der Waals surface area contributed by atoms with Crippen LogP contribution in [0.25, 0.3) is 11.1 Å². The molecule has 108 valence electrons. The Bertz CT molecular complexity index is 841. The Labute approximate surface area is 129 Å². The first-order valence-electron chi connectivity index (χ1n) is 7.34. The Kier molecular flexibility index (Phi) is 2.79. The fraction of sp³-hybridized carbons (Fsp3) is 0.0526. The lowest BCUT2D eigenvalue weighted by molar-refractivity contribution is 0.964. The van der Waals surface area contributed by atoms with E-state index in [0.29, 0.717) is 0 Å². The molecule has 3 aromatic rings. The van der Waals surface area contributed by atoms with Crippen molar-refractivity contribution in [2.45, 2.75) is 6.54 Å². The molecule has 3 heteroatoms. The maximum atomic E-state index is 6.22. The highest BCUT2D eigenvalue weighted by atomic mass is 15.1. The summed E-state index contributed by atoms with van der Waals surface area (Å²) in [5, 5.41) is 0. The van der Waals surface area contributed by atoms with Crippen molar-refractivity contribution in [3.8, 4) is 11.1 Å². The summed E-state index contributed by atoms with van der Waals surface area (Å²) in [6.07, 6.45) is 0. The standard InChI is InChI=1S/C19H17N3/c20-13-9-10-19-16(11-13)15-7-4-8-18(21)17(15)12-22(19)14-5-2-1-3-6-14/h1-11H,12,20-21H2. The predicted molar refractivity (Wildman–Crippen MR) is 93.0 cm³/mol. The highest BCUT2D eigenvalue weighted by molar-refractivity contribution is 5.90. The number of hydrogen-bond acceptors (Lipinski definition) is 3. The zero-order valence-corrected chi connectivity index (χ0v) is 12.2. The van der Waals surface area contributed by atoms with Crippen molar-refractivity contribution < 1.29 is 0 Å². The van der Waals surface area contributed by atoms with E-state index in [1.54, 1.807) is 0 Å². The van der Waals surface area contributed by atoms with Gasteiger partial charge in [0.25, 0.3) is 0 Å². The van der Waals surface area contributed by atoms with Gasteiger partial charge in [-0.3, -0.25) is 0 Å². The summed E-state index contributed by atoms with van der Waals surface area (Å²) in [4.78, 5) is 2.29. The van der Waals surface area contributed by atoms with Gasteiger partial charge in [0.05, 0.1) is 6.54 Å². The molecule has 0 aliphatic carbocycles. The molecular formula is C19H17N3. The van der Waals surface area contributed by atoms with Gasteiger partial charge in [-0.15, -0.1) is 0 Å². The topological polar surface area (TPSA) is 55.3 Å². The molecular weight excluding hydrogens is 270 g/mol. The monoisotopic (exact) mass is 287 g/mol. The van der Waals surface area contributed by atoms with Crippen molar-refractivity contribution in [1.29, 1.82) is 0 Å². The van der Waals surface area contributed by atoms with Crippen LogP contribution in [0.3, 0.4) is 0 Å². The molecule has 4 rings (SSSR count). The molecule has 0 fully saturated rings. The smallest absolute Gasteiger partial charge is 0.0508 e. The molecule has 0 atom stereocenters. The van der Waals surface area contributed by atoms with Crippen molar-refractivity contribution in [2.75, 3.05) is 16.4 Å². The first-order valence-corrected chi connectivity index (χ1v) is 7.34. The fourth-order valence-corrected chi connectivity index (χ4v) is 3.12. The van der Waals surface area contributed by atoms with E-state index in [4.69, 9.17) is 11.5 Å². The van der Waals surface area contributed by atoms with Crippen LogP contribution in [0.15, 0.2) is 66.7 Å². The van der Waals surface area contributed by atoms with Gasteiger partial charge in [0.15, 0.2) is 0 Å². The summed E-state index contributed by atoms with van der Waals surface area (Å²) in [5.74, 6) is 0. The van der Waals surface area contributed by atoms with Gasteiger partial charge in [-0.05, 0) is 42.0 Å². The number of fused-ring (bicyclic) bond motifs is 3. The van der Waals surface area contributed by atoms with Gasteiger partial charge >= 0.3 is 0 Å². The summed E-state index contributed by atoms with van der Waals surface area (Å²) >= 11 is 0. The van der Waals surface area contributed by atoms with Crippen LogP contribution in [-0.2, 0) is 6.54 Å². The zero-order chi connectivity index (χ0) is 15.1. The first-order chi connectivity index (χ1) is 10.7. The van der Waals surface area contributed by atoms with Crippen LogP contribution in [0.5, 0.6) is 0 Å². The van der Waals surface area contributed by atoms with E-state index in [1.165, 1.54) is 11.3 Å². The lowest BCUT2D eigenvalue weighted by atomic mass is 9.91. The van der Waals surface area contributed by atoms with Crippen LogP contribution < -0.4 is 16.4 Å². The second-order valence-electron chi connectivity index (χ2n) is 5.57. The van der Waals surface area contributed by atoms with Gasteiger partial charge < -0.3 is 16.4 Å². The van der Waals surface area contributed by atoms with E-state index in [1.807, 2.05) is 30.3 Å². The molecule has 1 aliphatic rings. The van der Waals surface area contributed by atoms with Gasteiger partial charge in [-0.2, -0.15) is 0 Å². The molecule has 3 aromatic carbocycles. The van der Waals surface area contributed by atoms with Crippen LogP contribution >= 0.6 is 0 Å². The Morgan fingerprint density at radius 1 is 0.773 bits per heavy atom. The average molecular weight is 287 g/mol. The van der Waals surface area contributed by atoms with Crippen LogP contribution in [0.1, 0.15) is 5.56 Å². The Balaban J connectivity index is 1.98. The van der Waals surface area contributed by atoms with Gasteiger partial charge in [0.1, 0.15) is 0 Å². The number of nitrogens with zero attached hydrogens (tertiary/aromatic N) is 1. The fourth-order valence-electron chi connectivity index (χ4n) is 3.12. The van der Waals surface area contributed by atoms with E-state index in [-0.39, 0.29) is 0 Å². The molecule has 0 bridgehead atoms. The molecule has 0 amide bonds. The maximum Gasteiger partial charge on any atom is 0.0508 e. The second-order valence-corrected chi connectivity index (χ2v) is 5.57. The van der Waals surface area contributed by atoms with Crippen molar-refractivity contribution in [1.82, 2.24) is 0 Å². The Morgan fingerprint density at radius 3 is 2.41 bits per heavy atom. The molecule has 0 unspecified atom stereocenters. The first kappa shape index (κ1) is 12.8. The molecule has 0 spiro atoms. The van der Waals surface area contributed by atoms with Gasteiger partial charge in [0, 0.05) is 33.9 Å². The van der Waals surface area contributed by atoms with Crippen LogP contribution in [0.2, 0.25) is 0 Å². The molecule has 1 heterocycles. The van der Waals surface area contributed by atoms with E-state index < -0.39 is 0 Å². The summed E-state index contributed by atoms with van der Waals surface area (Å²) in [7, 11) is 0. The number of hydrogen-bond donors (Lipinski definition) is 2. The highest BCUT2D eigenvalue weighted by Gasteiger charge is 2.24. The molecule has 0 saturated heterocycles. The normalized spacial score (nSPS) is 12.6. The molecule has 4 N–H and O–H groups in total. The number of rotatable bonds is 1. The summed E-state index contributed by atoms with van der Waals surface area (Å²) < 4.78 is 0. The minimum Gasteiger partial charge on any atom is -0.399 e. The van der Waals surface area contributed by atoms with E-state index in [9.17, 15) is 0 Å². The van der Waals surface area contributed by atoms with Gasteiger partial charge in [0.2, 0.25) is 0 Å². The van der Waals surface area contributed by atoms with Gasteiger partial charge in [-0.1, -0.05) is 30.3 Å². The number of anilines is 4. The van der Waals surface area contributed by atoms with Crippen molar-refractivity contribution in [3.63, 3.8) is 0 Å². The number of nitrogens with two attached hydrogens (primary N) is 2. The minimum absolute atomic E-state index is 0.766. The van der Waals surface area contributed by atoms with Crippen molar-refractivity contribution in [2.24, 2.45) is 0 Å². The van der Waals surface area contributed by atoms with Crippen molar-refractivity contribution in [3.05, 3.63) is 72.3 Å². The number of benzene rings is 3. The average Bonchev–Trinajstić information content (AvgIpc) is 2.55. The van der Waals surface area contributed by atoms with Gasteiger partial charge in [-0.25, -0.2) is 0 Å². The summed E-state index contributed by atoms with van der Waals surface area (Å²) in [5.41, 5.74) is 19.6. The quantitative estimate of drug-likeness (QED) is 0.660. The van der Waals surface area contributed by atoms with E-state index in [0.717, 1.165) is 34.7 Å². The summed E-state index contributed by atoms with van der Waals surface area (Å²) in [6, 6.07) is 22.5. The SMILES string of the molecule is Nc1ccc2c(c1)-c1cccc(N)c1CN2c1ccccc1. The lowest BCUT2D eigenvalue weighted by Gasteiger charge is -2.33. The third-order valence-corrected chi connectivity index (χ3v) is 4.20. The van der Waals surface area contributed by atoms with Crippen LogP contribution in [0, 0.1) is 0 Å². The molecule has 0 saturated carbocycles. The molecule has 3 nitrogen and oxygen atoms in total. The predicted octanol–water partition coefficient (Wildman–Crippen LogP) is 4.17. The van der Waals surface area contributed by atoms with Crippen LogP contribution in [0.4, 0.5) is 22.7 Å². The number of para-hydroxylation sites is 1. The zero-order valence-electron chi connectivity index (χ0n) is 12.2. The largest absolute Gasteiger partial charge is 0.399 e. The van der Waals surface area contributed by atoms with E-state index >= 15 is 0 Å². The highest BCUT2D eigenvalue weighted by Crippen LogP contribution is 2.44. The minimum atomic E-state index is 0.766. The Hall–Kier alpha value is -2.94. The van der Waals surface area contributed by atoms with Crippen molar-refractivity contribution >= 4 is 22.7 Å². The molecule has 0 aromatic heterocycles. The molecule has 22 heavy (non-hydrogen) atoms. The molecule has 1 aliphatic heterocycles. The maximum absolute atomic E-state index is 6.22. The van der Waals surface area contributed by atoms with Crippen LogP contribution in [-0.4, -0.2) is 0 Å². The second kappa shape index (κ2) is 4.81. The summed E-state index contributed by atoms with van der Waals surface area (Å²) in [6.45, 7) is 0.767. The third kappa shape index (κ3) is 1.91. The number of nitrogen functional groups attached to an aromatic ring is 2. The van der Waals surface area contributed by atoms with E-state index in [2.05, 4.69) is 41.3 Å². The third-order valence-electron chi connectivity index (χ3n) is 4.20. The Morgan fingerprint density at radius 2 is 1.59 bits per heavy atom. The lowest BCUT2D eigenvalue weighted by Crippen LogP contribution is -2.22. The molecule has 0 radical (unpaired) electrons.